The maximum absolute atomic E-state index is 5.87. The lowest BCUT2D eigenvalue weighted by atomic mass is 10.2. The highest BCUT2D eigenvalue weighted by Gasteiger charge is 2.11. The Balaban J connectivity index is 1.90. The molecular weight excluding hydrogens is 272 g/mol. The van der Waals surface area contributed by atoms with Crippen molar-refractivity contribution in [2.24, 2.45) is 0 Å². The van der Waals surface area contributed by atoms with Gasteiger partial charge in [-0.1, -0.05) is 6.07 Å². The number of hydrogen-bond donors (Lipinski definition) is 0. The second-order valence-corrected chi connectivity index (χ2v) is 4.91. The van der Waals surface area contributed by atoms with Gasteiger partial charge in [0.05, 0.1) is 0 Å². The molecule has 20 heavy (non-hydrogen) atoms. The standard InChI is InChI=1S/C15H15ClN4/c16-8-6-14-19-13-5-3-10-18-15(13)20(14)11-7-12-4-1-2-9-17-12/h1-5,9-10H,6-8,11H2. The molecule has 0 fully saturated rings. The molecule has 3 aromatic rings. The van der Waals surface area contributed by atoms with Crippen molar-refractivity contribution in [3.05, 3.63) is 54.2 Å². The Morgan fingerprint density at radius 3 is 2.70 bits per heavy atom. The van der Waals surface area contributed by atoms with E-state index in [-0.39, 0.29) is 0 Å². The first-order chi connectivity index (χ1) is 9.88. The van der Waals surface area contributed by atoms with Crippen LogP contribution < -0.4 is 0 Å². The number of aryl methyl sites for hydroxylation is 3. The number of alkyl halides is 1. The fourth-order valence-electron chi connectivity index (χ4n) is 2.29. The van der Waals surface area contributed by atoms with Gasteiger partial charge in [-0.25, -0.2) is 9.97 Å². The number of hydrogen-bond acceptors (Lipinski definition) is 3. The SMILES string of the molecule is ClCCc1nc2cccnc2n1CCc1ccccn1. The van der Waals surface area contributed by atoms with Crippen molar-refractivity contribution in [2.45, 2.75) is 19.4 Å². The summed E-state index contributed by atoms with van der Waals surface area (Å²) in [5.41, 5.74) is 2.92. The van der Waals surface area contributed by atoms with E-state index in [0.29, 0.717) is 5.88 Å². The minimum atomic E-state index is 0.562. The molecule has 0 unspecified atom stereocenters. The molecule has 0 saturated carbocycles. The third kappa shape index (κ3) is 2.65. The normalized spacial score (nSPS) is 11.1. The summed E-state index contributed by atoms with van der Waals surface area (Å²) < 4.78 is 2.15. The van der Waals surface area contributed by atoms with Crippen LogP contribution in [0.4, 0.5) is 0 Å². The number of aromatic nitrogens is 4. The molecule has 0 amide bonds. The highest BCUT2D eigenvalue weighted by atomic mass is 35.5. The van der Waals surface area contributed by atoms with Crippen molar-refractivity contribution >= 4 is 22.8 Å². The van der Waals surface area contributed by atoms with Gasteiger partial charge in [0.25, 0.3) is 0 Å². The van der Waals surface area contributed by atoms with Crippen LogP contribution >= 0.6 is 11.6 Å². The molecule has 3 rings (SSSR count). The third-order valence-corrected chi connectivity index (χ3v) is 3.41. The second kappa shape index (κ2) is 6.01. The van der Waals surface area contributed by atoms with Crippen LogP contribution in [0.3, 0.4) is 0 Å². The number of nitrogens with zero attached hydrogens (tertiary/aromatic N) is 4. The Morgan fingerprint density at radius 2 is 1.90 bits per heavy atom. The molecule has 0 radical (unpaired) electrons. The zero-order chi connectivity index (χ0) is 13.8. The zero-order valence-electron chi connectivity index (χ0n) is 11.0. The maximum Gasteiger partial charge on any atom is 0.159 e. The number of rotatable bonds is 5. The summed E-state index contributed by atoms with van der Waals surface area (Å²) in [5, 5.41) is 0. The van der Waals surface area contributed by atoms with E-state index in [1.165, 1.54) is 0 Å². The molecule has 0 atom stereocenters. The molecule has 5 heteroatoms. The minimum Gasteiger partial charge on any atom is -0.312 e. The summed E-state index contributed by atoms with van der Waals surface area (Å²) >= 11 is 5.87. The van der Waals surface area contributed by atoms with E-state index >= 15 is 0 Å². The van der Waals surface area contributed by atoms with Crippen LogP contribution in [-0.4, -0.2) is 25.4 Å². The van der Waals surface area contributed by atoms with Crippen molar-refractivity contribution in [1.82, 2.24) is 19.5 Å². The molecule has 0 spiro atoms. The van der Waals surface area contributed by atoms with Gasteiger partial charge in [0, 0.05) is 43.4 Å². The summed E-state index contributed by atoms with van der Waals surface area (Å²) in [6.07, 6.45) is 5.23. The molecule has 3 aromatic heterocycles. The predicted molar refractivity (Wildman–Crippen MR) is 79.9 cm³/mol. The van der Waals surface area contributed by atoms with Crippen LogP contribution in [0, 0.1) is 0 Å². The van der Waals surface area contributed by atoms with Gasteiger partial charge in [-0.05, 0) is 24.3 Å². The van der Waals surface area contributed by atoms with Gasteiger partial charge >= 0.3 is 0 Å². The van der Waals surface area contributed by atoms with Gasteiger partial charge in [0.2, 0.25) is 0 Å². The van der Waals surface area contributed by atoms with Crippen LogP contribution in [-0.2, 0) is 19.4 Å². The molecule has 0 aliphatic rings. The first-order valence-electron chi connectivity index (χ1n) is 6.64. The Hall–Kier alpha value is -1.94. The third-order valence-electron chi connectivity index (χ3n) is 3.22. The van der Waals surface area contributed by atoms with E-state index in [4.69, 9.17) is 11.6 Å². The van der Waals surface area contributed by atoms with Crippen molar-refractivity contribution in [2.75, 3.05) is 5.88 Å². The Kier molecular flexibility index (Phi) is 3.92. The average molecular weight is 287 g/mol. The molecule has 3 heterocycles. The summed E-state index contributed by atoms with van der Waals surface area (Å²) in [5.74, 6) is 1.55. The molecule has 0 saturated heterocycles. The van der Waals surface area contributed by atoms with Gasteiger partial charge in [0.15, 0.2) is 5.65 Å². The van der Waals surface area contributed by atoms with E-state index < -0.39 is 0 Å². The monoisotopic (exact) mass is 286 g/mol. The molecule has 0 aromatic carbocycles. The highest BCUT2D eigenvalue weighted by Crippen LogP contribution is 2.15. The van der Waals surface area contributed by atoms with E-state index in [0.717, 1.165) is 42.1 Å². The summed E-state index contributed by atoms with van der Waals surface area (Å²) in [7, 11) is 0. The van der Waals surface area contributed by atoms with Crippen LogP contribution in [0.25, 0.3) is 11.2 Å². The van der Waals surface area contributed by atoms with Crippen LogP contribution in [0.5, 0.6) is 0 Å². The Bertz CT molecular complexity index is 693. The van der Waals surface area contributed by atoms with Gasteiger partial charge in [-0.3, -0.25) is 4.98 Å². The summed E-state index contributed by atoms with van der Waals surface area (Å²) in [6, 6.07) is 9.86. The number of imidazole rings is 1. The lowest BCUT2D eigenvalue weighted by Crippen LogP contribution is -2.08. The van der Waals surface area contributed by atoms with Crippen molar-refractivity contribution in [1.29, 1.82) is 0 Å². The first-order valence-corrected chi connectivity index (χ1v) is 7.18. The second-order valence-electron chi connectivity index (χ2n) is 4.54. The molecule has 0 aliphatic heterocycles. The molecule has 4 nitrogen and oxygen atoms in total. The number of fused-ring (bicyclic) bond motifs is 1. The topological polar surface area (TPSA) is 43.6 Å². The fraction of sp³-hybridized carbons (Fsp3) is 0.267. The molecule has 0 aliphatic carbocycles. The van der Waals surface area contributed by atoms with E-state index in [1.54, 1.807) is 6.20 Å². The average Bonchev–Trinajstić information content (AvgIpc) is 2.84. The van der Waals surface area contributed by atoms with Crippen molar-refractivity contribution in [3.8, 4) is 0 Å². The largest absolute Gasteiger partial charge is 0.312 e. The predicted octanol–water partition coefficient (Wildman–Crippen LogP) is 2.85. The Morgan fingerprint density at radius 1 is 1.00 bits per heavy atom. The number of halogens is 1. The van der Waals surface area contributed by atoms with Crippen LogP contribution in [0.1, 0.15) is 11.5 Å². The molecule has 0 N–H and O–H groups in total. The van der Waals surface area contributed by atoms with Crippen molar-refractivity contribution in [3.63, 3.8) is 0 Å². The molecule has 102 valence electrons. The smallest absolute Gasteiger partial charge is 0.159 e. The van der Waals surface area contributed by atoms with Crippen molar-refractivity contribution < 1.29 is 0 Å². The lowest BCUT2D eigenvalue weighted by Gasteiger charge is -2.07. The van der Waals surface area contributed by atoms with Crippen LogP contribution in [0.15, 0.2) is 42.7 Å². The van der Waals surface area contributed by atoms with Gasteiger partial charge in [-0.15, -0.1) is 11.6 Å². The van der Waals surface area contributed by atoms with Crippen LogP contribution in [0.2, 0.25) is 0 Å². The highest BCUT2D eigenvalue weighted by molar-refractivity contribution is 6.17. The van der Waals surface area contributed by atoms with E-state index in [2.05, 4.69) is 19.5 Å². The van der Waals surface area contributed by atoms with Gasteiger partial charge < -0.3 is 4.57 Å². The Labute approximate surface area is 122 Å². The quantitative estimate of drug-likeness (QED) is 0.678. The summed E-state index contributed by atoms with van der Waals surface area (Å²) in [6.45, 7) is 0.816. The molecule has 0 bridgehead atoms. The minimum absolute atomic E-state index is 0.562. The lowest BCUT2D eigenvalue weighted by molar-refractivity contribution is 0.661. The van der Waals surface area contributed by atoms with E-state index in [1.807, 2.05) is 36.5 Å². The molecular formula is C15H15ClN4. The van der Waals surface area contributed by atoms with E-state index in [9.17, 15) is 0 Å². The number of pyridine rings is 2. The van der Waals surface area contributed by atoms with Gasteiger partial charge in [-0.2, -0.15) is 0 Å². The fourth-order valence-corrected chi connectivity index (χ4v) is 2.46. The zero-order valence-corrected chi connectivity index (χ0v) is 11.8. The summed E-state index contributed by atoms with van der Waals surface area (Å²) in [4.78, 5) is 13.4. The van der Waals surface area contributed by atoms with Gasteiger partial charge in [0.1, 0.15) is 11.3 Å². The first kappa shape index (κ1) is 13.1. The maximum atomic E-state index is 5.87.